The summed E-state index contributed by atoms with van der Waals surface area (Å²) in [5.74, 6) is 2.16. The number of nitrogens with zero attached hydrogens (tertiary/aromatic N) is 2. The SMILES string of the molecule is CNc1ncnc(NCC2(CCO)CC2)c1C(C)C. The molecule has 0 radical (unpaired) electrons. The highest BCUT2D eigenvalue weighted by Gasteiger charge is 2.41. The molecule has 2 rings (SSSR count). The van der Waals surface area contributed by atoms with Crippen molar-refractivity contribution < 1.29 is 5.11 Å². The van der Waals surface area contributed by atoms with Gasteiger partial charge in [-0.1, -0.05) is 13.8 Å². The van der Waals surface area contributed by atoms with E-state index in [1.807, 2.05) is 7.05 Å². The summed E-state index contributed by atoms with van der Waals surface area (Å²) in [7, 11) is 1.88. The van der Waals surface area contributed by atoms with Gasteiger partial charge in [0.15, 0.2) is 0 Å². The van der Waals surface area contributed by atoms with Gasteiger partial charge in [-0.15, -0.1) is 0 Å². The van der Waals surface area contributed by atoms with Crippen LogP contribution in [0.1, 0.15) is 44.6 Å². The smallest absolute Gasteiger partial charge is 0.135 e. The van der Waals surface area contributed by atoms with Crippen LogP contribution in [0.2, 0.25) is 0 Å². The molecule has 0 spiro atoms. The van der Waals surface area contributed by atoms with Crippen LogP contribution in [0.3, 0.4) is 0 Å². The van der Waals surface area contributed by atoms with E-state index in [0.717, 1.165) is 30.2 Å². The van der Waals surface area contributed by atoms with Crippen molar-refractivity contribution in [3.8, 4) is 0 Å². The Hall–Kier alpha value is -1.36. The summed E-state index contributed by atoms with van der Waals surface area (Å²) in [6, 6.07) is 0. The summed E-state index contributed by atoms with van der Waals surface area (Å²) in [4.78, 5) is 8.65. The maximum absolute atomic E-state index is 9.10. The monoisotopic (exact) mass is 264 g/mol. The Kier molecular flexibility index (Phi) is 4.24. The van der Waals surface area contributed by atoms with Gasteiger partial charge in [0.1, 0.15) is 18.0 Å². The van der Waals surface area contributed by atoms with Gasteiger partial charge in [-0.25, -0.2) is 9.97 Å². The number of rotatable bonds is 7. The third-order valence-electron chi connectivity index (χ3n) is 3.93. The average molecular weight is 264 g/mol. The Labute approximate surface area is 114 Å². The fourth-order valence-corrected chi connectivity index (χ4v) is 2.48. The van der Waals surface area contributed by atoms with E-state index >= 15 is 0 Å². The van der Waals surface area contributed by atoms with Gasteiger partial charge in [-0.2, -0.15) is 0 Å². The molecule has 0 amide bonds. The Morgan fingerprint density at radius 3 is 2.53 bits per heavy atom. The molecule has 0 saturated heterocycles. The second kappa shape index (κ2) is 5.74. The van der Waals surface area contributed by atoms with E-state index in [2.05, 4.69) is 34.4 Å². The molecule has 0 aromatic carbocycles. The van der Waals surface area contributed by atoms with Crippen LogP contribution in [-0.4, -0.2) is 35.3 Å². The minimum Gasteiger partial charge on any atom is -0.396 e. The molecule has 1 saturated carbocycles. The molecule has 1 aliphatic rings. The van der Waals surface area contributed by atoms with Crippen molar-refractivity contribution in [1.29, 1.82) is 0 Å². The minimum absolute atomic E-state index is 0.268. The highest BCUT2D eigenvalue weighted by molar-refractivity contribution is 5.58. The van der Waals surface area contributed by atoms with E-state index < -0.39 is 0 Å². The van der Waals surface area contributed by atoms with Crippen LogP contribution in [-0.2, 0) is 0 Å². The third kappa shape index (κ3) is 3.15. The molecule has 1 fully saturated rings. The molecule has 3 N–H and O–H groups in total. The lowest BCUT2D eigenvalue weighted by atomic mass is 10.0. The molecule has 1 heterocycles. The van der Waals surface area contributed by atoms with Gasteiger partial charge >= 0.3 is 0 Å². The molecule has 0 atom stereocenters. The van der Waals surface area contributed by atoms with Crippen molar-refractivity contribution in [3.63, 3.8) is 0 Å². The van der Waals surface area contributed by atoms with Crippen molar-refractivity contribution in [2.75, 3.05) is 30.8 Å². The van der Waals surface area contributed by atoms with Crippen molar-refractivity contribution in [1.82, 2.24) is 9.97 Å². The summed E-state index contributed by atoms with van der Waals surface area (Å²) in [6.07, 6.45) is 4.86. The van der Waals surface area contributed by atoms with Gasteiger partial charge in [0.25, 0.3) is 0 Å². The van der Waals surface area contributed by atoms with E-state index in [0.29, 0.717) is 5.92 Å². The zero-order chi connectivity index (χ0) is 13.9. The van der Waals surface area contributed by atoms with Crippen molar-refractivity contribution in [2.24, 2.45) is 5.41 Å². The molecular weight excluding hydrogens is 240 g/mol. The summed E-state index contributed by atoms with van der Waals surface area (Å²) >= 11 is 0. The topological polar surface area (TPSA) is 70.1 Å². The molecule has 1 aliphatic carbocycles. The number of nitrogens with one attached hydrogen (secondary N) is 2. The summed E-state index contributed by atoms with van der Waals surface area (Å²) < 4.78 is 0. The van der Waals surface area contributed by atoms with Crippen LogP contribution in [0.25, 0.3) is 0 Å². The standard InChI is InChI=1S/C14H24N4O/c1-10(2)11-12(15-3)17-9-18-13(11)16-8-14(4-5-14)6-7-19/h9-10,19H,4-8H2,1-3H3,(H2,15,16,17,18). The summed E-state index contributed by atoms with van der Waals surface area (Å²) in [5.41, 5.74) is 1.41. The second-order valence-electron chi connectivity index (χ2n) is 5.72. The van der Waals surface area contributed by atoms with Gasteiger partial charge in [-0.05, 0) is 30.6 Å². The molecule has 0 unspecified atom stereocenters. The van der Waals surface area contributed by atoms with Crippen molar-refractivity contribution in [2.45, 2.75) is 39.0 Å². The number of hydrogen-bond acceptors (Lipinski definition) is 5. The van der Waals surface area contributed by atoms with E-state index in [1.165, 1.54) is 12.8 Å². The molecule has 5 nitrogen and oxygen atoms in total. The van der Waals surface area contributed by atoms with E-state index in [4.69, 9.17) is 5.11 Å². The van der Waals surface area contributed by atoms with Crippen LogP contribution in [0, 0.1) is 5.41 Å². The predicted octanol–water partition coefficient (Wildman–Crippen LogP) is 2.22. The molecule has 0 bridgehead atoms. The van der Waals surface area contributed by atoms with Crippen LogP contribution in [0.4, 0.5) is 11.6 Å². The Morgan fingerprint density at radius 1 is 1.32 bits per heavy atom. The normalized spacial score (nSPS) is 16.5. The number of anilines is 2. The van der Waals surface area contributed by atoms with Crippen LogP contribution in [0.15, 0.2) is 6.33 Å². The third-order valence-corrected chi connectivity index (χ3v) is 3.93. The van der Waals surface area contributed by atoms with Gasteiger partial charge in [0.2, 0.25) is 0 Å². The van der Waals surface area contributed by atoms with Gasteiger partial charge in [0, 0.05) is 25.8 Å². The van der Waals surface area contributed by atoms with E-state index in [-0.39, 0.29) is 12.0 Å². The molecule has 0 aliphatic heterocycles. The Bertz CT molecular complexity index is 429. The zero-order valence-corrected chi connectivity index (χ0v) is 12.0. The molecule has 1 aromatic rings. The van der Waals surface area contributed by atoms with E-state index in [9.17, 15) is 0 Å². The van der Waals surface area contributed by atoms with Crippen molar-refractivity contribution in [3.05, 3.63) is 11.9 Å². The highest BCUT2D eigenvalue weighted by atomic mass is 16.3. The molecule has 106 valence electrons. The Morgan fingerprint density at radius 2 is 2.00 bits per heavy atom. The molecule has 1 aromatic heterocycles. The predicted molar refractivity (Wildman–Crippen MR) is 77.5 cm³/mol. The van der Waals surface area contributed by atoms with Crippen LogP contribution < -0.4 is 10.6 Å². The number of aliphatic hydroxyl groups is 1. The quantitative estimate of drug-likeness (QED) is 0.704. The first-order valence-corrected chi connectivity index (χ1v) is 6.99. The highest BCUT2D eigenvalue weighted by Crippen LogP contribution is 2.48. The second-order valence-corrected chi connectivity index (χ2v) is 5.72. The first-order valence-electron chi connectivity index (χ1n) is 6.99. The fraction of sp³-hybridized carbons (Fsp3) is 0.714. The van der Waals surface area contributed by atoms with Gasteiger partial charge < -0.3 is 15.7 Å². The first-order chi connectivity index (χ1) is 9.12. The lowest BCUT2D eigenvalue weighted by molar-refractivity contribution is 0.253. The van der Waals surface area contributed by atoms with Crippen LogP contribution in [0.5, 0.6) is 0 Å². The van der Waals surface area contributed by atoms with Gasteiger partial charge in [-0.3, -0.25) is 0 Å². The minimum atomic E-state index is 0.268. The maximum atomic E-state index is 9.10. The average Bonchev–Trinajstić information content (AvgIpc) is 3.16. The number of aliphatic hydroxyl groups excluding tert-OH is 1. The zero-order valence-electron chi connectivity index (χ0n) is 12.0. The Balaban J connectivity index is 2.11. The van der Waals surface area contributed by atoms with Crippen LogP contribution >= 0.6 is 0 Å². The van der Waals surface area contributed by atoms with Crippen molar-refractivity contribution >= 4 is 11.6 Å². The lowest BCUT2D eigenvalue weighted by Gasteiger charge is -2.19. The molecular formula is C14H24N4O. The largest absolute Gasteiger partial charge is 0.396 e. The maximum Gasteiger partial charge on any atom is 0.135 e. The molecule has 19 heavy (non-hydrogen) atoms. The number of hydrogen-bond donors (Lipinski definition) is 3. The number of aromatic nitrogens is 2. The lowest BCUT2D eigenvalue weighted by Crippen LogP contribution is -2.19. The summed E-state index contributed by atoms with van der Waals surface area (Å²) in [6.45, 7) is 5.44. The van der Waals surface area contributed by atoms with Gasteiger partial charge in [0.05, 0.1) is 0 Å². The molecule has 5 heteroatoms. The summed E-state index contributed by atoms with van der Waals surface area (Å²) in [5, 5.41) is 15.7. The fourth-order valence-electron chi connectivity index (χ4n) is 2.48. The first kappa shape index (κ1) is 14.1. The van der Waals surface area contributed by atoms with E-state index in [1.54, 1.807) is 6.33 Å².